The Morgan fingerprint density at radius 1 is 0.360 bits per heavy atom. The van der Waals surface area contributed by atoms with E-state index in [1.165, 1.54) is 30.3 Å². The average Bonchev–Trinajstić information content (AvgIpc) is 2.00. The lowest BCUT2D eigenvalue weighted by Gasteiger charge is -2.21. The first-order chi connectivity index (χ1) is 40.7. The van der Waals surface area contributed by atoms with Gasteiger partial charge in [0.25, 0.3) is 17.7 Å². The van der Waals surface area contributed by atoms with Gasteiger partial charge in [-0.3, -0.25) is 14.4 Å². The topological polar surface area (TPSA) is 218 Å². The third-order valence-corrected chi connectivity index (χ3v) is 13.9. The molecule has 0 aliphatic rings. The van der Waals surface area contributed by atoms with E-state index in [4.69, 9.17) is 9.47 Å². The normalized spacial score (nSPS) is 10.9. The molecular weight excluding hydrogens is 1290 g/mol. The lowest BCUT2D eigenvalue weighted by molar-refractivity contribution is 0.00580. The maximum Gasteiger partial charge on any atom is 0.340 e. The summed E-state index contributed by atoms with van der Waals surface area (Å²) in [5.41, 5.74) is 6.87. The van der Waals surface area contributed by atoms with E-state index >= 15 is 0 Å². The van der Waals surface area contributed by atoms with Gasteiger partial charge in [0.1, 0.15) is 22.7 Å². The number of nitrogens with one attached hydrogen (secondary N) is 3. The minimum absolute atomic E-state index is 0.0347. The van der Waals surface area contributed by atoms with Crippen molar-refractivity contribution in [2.45, 2.75) is 59.7 Å². The second-order valence-corrected chi connectivity index (χ2v) is 24.1. The third kappa shape index (κ3) is 17.9. The molecular formula is C69H60Br3N3O11. The summed E-state index contributed by atoms with van der Waals surface area (Å²) in [7, 11) is 0. The molecule has 0 spiro atoms. The number of aromatic carboxylic acids is 1. The number of anilines is 3. The number of hydrogen-bond acceptors (Lipinski definition) is 10. The zero-order valence-corrected chi connectivity index (χ0v) is 52.6. The fraction of sp³-hybridized carbons (Fsp3) is 0.130. The first-order valence-corrected chi connectivity index (χ1v) is 29.1. The predicted molar refractivity (Wildman–Crippen MR) is 347 cm³/mol. The van der Waals surface area contributed by atoms with Crippen LogP contribution in [0.3, 0.4) is 0 Å². The van der Waals surface area contributed by atoms with Gasteiger partial charge in [0.2, 0.25) is 0 Å². The number of benzene rings is 9. The van der Waals surface area contributed by atoms with E-state index in [0.29, 0.717) is 31.4 Å². The highest BCUT2D eigenvalue weighted by Crippen LogP contribution is 2.33. The van der Waals surface area contributed by atoms with Gasteiger partial charge in [-0.1, -0.05) is 163 Å². The van der Waals surface area contributed by atoms with Gasteiger partial charge in [-0.2, -0.15) is 0 Å². The third-order valence-electron chi connectivity index (χ3n) is 12.4. The largest absolute Gasteiger partial charge is 0.507 e. The Labute approximate surface area is 523 Å². The van der Waals surface area contributed by atoms with Crippen molar-refractivity contribution in [1.82, 2.24) is 0 Å². The first-order valence-electron chi connectivity index (χ1n) is 26.7. The van der Waals surface area contributed by atoms with Crippen molar-refractivity contribution < 1.29 is 53.6 Å². The van der Waals surface area contributed by atoms with Crippen molar-refractivity contribution in [3.63, 3.8) is 0 Å². The van der Waals surface area contributed by atoms with Crippen molar-refractivity contribution >= 4 is 100 Å². The van der Waals surface area contributed by atoms with E-state index in [9.17, 15) is 44.1 Å². The van der Waals surface area contributed by atoms with Crippen molar-refractivity contribution in [2.24, 2.45) is 0 Å². The van der Waals surface area contributed by atoms with Crippen molar-refractivity contribution in [2.75, 3.05) is 16.0 Å². The molecule has 0 unspecified atom stereocenters. The summed E-state index contributed by atoms with van der Waals surface area (Å²) in [6, 6.07) is 58.6. The summed E-state index contributed by atoms with van der Waals surface area (Å²) < 4.78 is 13.1. The Morgan fingerprint density at radius 3 is 1.00 bits per heavy atom. The van der Waals surface area contributed by atoms with Crippen molar-refractivity contribution in [3.05, 3.63) is 253 Å². The number of ether oxygens (including phenoxy) is 2. The molecule has 9 aromatic rings. The molecule has 438 valence electrons. The van der Waals surface area contributed by atoms with Gasteiger partial charge >= 0.3 is 17.9 Å². The zero-order valence-electron chi connectivity index (χ0n) is 47.8. The number of hydrogen-bond donors (Lipinski definition) is 6. The monoisotopic (exact) mass is 1340 g/mol. The molecule has 3 amide bonds. The second kappa shape index (κ2) is 28.6. The van der Waals surface area contributed by atoms with Crippen molar-refractivity contribution in [3.8, 4) is 44.9 Å². The Morgan fingerprint density at radius 2 is 0.663 bits per heavy atom. The smallest absolute Gasteiger partial charge is 0.340 e. The molecule has 9 rings (SSSR count). The number of carbonyl (C=O) groups excluding carboxylic acids is 5. The lowest BCUT2D eigenvalue weighted by Crippen LogP contribution is -2.25. The van der Waals surface area contributed by atoms with Crippen LogP contribution in [0.4, 0.5) is 17.1 Å². The Bertz CT molecular complexity index is 3800. The number of carbonyl (C=O) groups is 6. The predicted octanol–water partition coefficient (Wildman–Crippen LogP) is 17.4. The van der Waals surface area contributed by atoms with Crippen LogP contribution in [0.2, 0.25) is 0 Å². The van der Waals surface area contributed by atoms with Crippen LogP contribution < -0.4 is 16.0 Å². The number of phenolic OH excluding ortho intramolecular Hbond substituents is 2. The number of rotatable bonds is 12. The molecule has 0 radical (unpaired) electrons. The van der Waals surface area contributed by atoms with Crippen LogP contribution in [0.5, 0.6) is 11.5 Å². The van der Waals surface area contributed by atoms with E-state index in [0.717, 1.165) is 43.4 Å². The minimum Gasteiger partial charge on any atom is -0.507 e. The van der Waals surface area contributed by atoms with Gasteiger partial charge in [-0.25, -0.2) is 14.4 Å². The summed E-state index contributed by atoms with van der Waals surface area (Å²) in [6.45, 7) is 12.6. The molecule has 0 aromatic heterocycles. The number of esters is 2. The van der Waals surface area contributed by atoms with E-state index in [1.54, 1.807) is 81.4 Å². The molecule has 0 atom stereocenters. The zero-order chi connectivity index (χ0) is 62.5. The Hall–Kier alpha value is -9.16. The fourth-order valence-electron chi connectivity index (χ4n) is 8.37. The molecule has 86 heavy (non-hydrogen) atoms. The molecule has 9 aromatic carbocycles. The maximum atomic E-state index is 13.0. The Balaban J connectivity index is 0.000000185. The highest BCUT2D eigenvalue weighted by atomic mass is 79.9. The quantitative estimate of drug-likeness (QED) is 0.0632. The SMILES string of the molecule is CC(C)(C)OC(=O)c1ccc(-c2ccccc2)cc1NC(=O)c1cc(Br)ccc1O.Cc1ccc(Br)cc1C(=O)Nc1cc(-c2ccccc2)ccc1C(=O)OC(C)(C)C.O=C(Nc1cc(-c2ccccc2)ccc1C(=O)O)c1cc(Br)ccc1O. The molecule has 0 heterocycles. The van der Waals surface area contributed by atoms with Crippen LogP contribution in [-0.2, 0) is 9.47 Å². The molecule has 0 fully saturated rings. The van der Waals surface area contributed by atoms with Crippen LogP contribution >= 0.6 is 47.8 Å². The molecule has 6 N–H and O–H groups in total. The fourth-order valence-corrected chi connectivity index (χ4v) is 9.45. The van der Waals surface area contributed by atoms with Gasteiger partial charge in [-0.15, -0.1) is 0 Å². The minimum atomic E-state index is -1.15. The first kappa shape index (κ1) is 64.4. The molecule has 0 saturated carbocycles. The van der Waals surface area contributed by atoms with Gasteiger partial charge in [-0.05, 0) is 172 Å². The number of aromatic hydroxyl groups is 2. The van der Waals surface area contributed by atoms with E-state index in [1.807, 2.05) is 137 Å². The molecule has 17 heteroatoms. The van der Waals surface area contributed by atoms with Crippen molar-refractivity contribution in [1.29, 1.82) is 0 Å². The molecule has 0 saturated heterocycles. The van der Waals surface area contributed by atoms with E-state index < -0.39 is 40.9 Å². The average molecular weight is 1350 g/mol. The number of phenols is 2. The molecule has 14 nitrogen and oxygen atoms in total. The number of halogens is 3. The van der Waals surface area contributed by atoms with E-state index in [2.05, 4.69) is 63.7 Å². The Kier molecular flexibility index (Phi) is 21.4. The van der Waals surface area contributed by atoms with Gasteiger partial charge in [0.05, 0.1) is 44.9 Å². The molecule has 0 aliphatic carbocycles. The summed E-state index contributed by atoms with van der Waals surface area (Å²) >= 11 is 9.95. The molecule has 0 aliphatic heterocycles. The molecule has 0 bridgehead atoms. The number of aryl methyl sites for hydroxylation is 1. The van der Waals surface area contributed by atoms with Crippen LogP contribution in [0.15, 0.2) is 214 Å². The lowest BCUT2D eigenvalue weighted by atomic mass is 10.0. The van der Waals surface area contributed by atoms with Crippen LogP contribution in [0.1, 0.15) is 109 Å². The van der Waals surface area contributed by atoms with Gasteiger partial charge in [0.15, 0.2) is 0 Å². The summed E-state index contributed by atoms with van der Waals surface area (Å²) in [6.07, 6.45) is 0. The van der Waals surface area contributed by atoms with E-state index in [-0.39, 0.29) is 45.3 Å². The second-order valence-electron chi connectivity index (χ2n) is 21.3. The number of carboxylic acid groups (broad SMARTS) is 1. The summed E-state index contributed by atoms with van der Waals surface area (Å²) in [5.74, 6) is -3.96. The van der Waals surface area contributed by atoms with Crippen LogP contribution in [-0.4, -0.2) is 62.2 Å². The summed E-state index contributed by atoms with van der Waals surface area (Å²) in [5, 5.41) is 37.6. The van der Waals surface area contributed by atoms with Gasteiger partial charge < -0.3 is 40.7 Å². The highest BCUT2D eigenvalue weighted by molar-refractivity contribution is 9.11. The van der Waals surface area contributed by atoms with Gasteiger partial charge in [0, 0.05) is 19.0 Å². The number of carboxylic acids is 1. The maximum absolute atomic E-state index is 13.0. The summed E-state index contributed by atoms with van der Waals surface area (Å²) in [4.78, 5) is 75.4. The highest BCUT2D eigenvalue weighted by Gasteiger charge is 2.25. The number of amides is 3. The van der Waals surface area contributed by atoms with Crippen LogP contribution in [0, 0.1) is 6.92 Å². The standard InChI is InChI=1S/C25H24BrNO3.C24H22BrNO4.C20H14BrNO4/c1-16-10-12-19(26)15-21(16)23(28)27-22-14-18(17-8-6-5-7-9-17)11-13-20(22)24(29)30-25(2,3)4;1-24(2,3)30-23(29)18-11-9-16(15-7-5-4-6-8-15)13-20(18)26-22(28)19-14-17(25)10-12-21(19)27;21-14-7-9-18(23)16(11-14)19(24)22-17-10-13(6-8-15(17)20(25)26)12-4-2-1-3-5-12/h5-15H,1-4H3,(H,27,28);4-14,27H,1-3H3,(H,26,28);1-11,23H,(H,22,24)(H,25,26). The van der Waals surface area contributed by atoms with Crippen LogP contribution in [0.25, 0.3) is 33.4 Å².